The maximum Gasteiger partial charge on any atom is 0.233 e. The van der Waals surface area contributed by atoms with Crippen molar-refractivity contribution >= 4 is 44.9 Å². The first-order valence-electron chi connectivity index (χ1n) is 7.72. The van der Waals surface area contributed by atoms with E-state index in [1.165, 1.54) is 11.8 Å². The van der Waals surface area contributed by atoms with Crippen LogP contribution in [0.25, 0.3) is 15.9 Å². The highest BCUT2D eigenvalue weighted by atomic mass is 32.2. The molecule has 6 nitrogen and oxygen atoms in total. The van der Waals surface area contributed by atoms with E-state index >= 15 is 0 Å². The molecule has 4 rings (SSSR count). The molecule has 1 aromatic carbocycles. The first-order chi connectivity index (χ1) is 12.2. The fourth-order valence-corrected chi connectivity index (χ4v) is 4.32. The number of fused-ring (bicyclic) bond motifs is 2. The Morgan fingerprint density at radius 1 is 1.20 bits per heavy atom. The molecule has 0 saturated heterocycles. The van der Waals surface area contributed by atoms with Gasteiger partial charge in [0.25, 0.3) is 0 Å². The number of pyridine rings is 1. The van der Waals surface area contributed by atoms with Gasteiger partial charge >= 0.3 is 0 Å². The van der Waals surface area contributed by atoms with Crippen LogP contribution < -0.4 is 0 Å². The number of thioether (sulfide) groups is 1. The van der Waals surface area contributed by atoms with Gasteiger partial charge in [-0.05, 0) is 24.3 Å². The second-order valence-electron chi connectivity index (χ2n) is 5.53. The molecule has 0 N–H and O–H groups in total. The van der Waals surface area contributed by atoms with Crippen LogP contribution in [0.2, 0.25) is 0 Å². The first kappa shape index (κ1) is 16.0. The Morgan fingerprint density at radius 3 is 2.92 bits per heavy atom. The minimum absolute atomic E-state index is 0.0388. The van der Waals surface area contributed by atoms with E-state index in [-0.39, 0.29) is 5.91 Å². The van der Waals surface area contributed by atoms with Crippen molar-refractivity contribution in [3.63, 3.8) is 0 Å². The number of aromatic nitrogens is 4. The predicted octanol–water partition coefficient (Wildman–Crippen LogP) is 3.09. The molecular formula is C17H15N5OS2. The third kappa shape index (κ3) is 3.35. The van der Waals surface area contributed by atoms with Crippen LogP contribution in [0.4, 0.5) is 0 Å². The van der Waals surface area contributed by atoms with E-state index in [4.69, 9.17) is 0 Å². The molecule has 0 atom stereocenters. The van der Waals surface area contributed by atoms with Gasteiger partial charge in [0.2, 0.25) is 5.91 Å². The monoisotopic (exact) mass is 369 g/mol. The first-order valence-corrected chi connectivity index (χ1v) is 9.52. The van der Waals surface area contributed by atoms with Crippen molar-refractivity contribution in [2.45, 2.75) is 11.7 Å². The SMILES string of the molecule is CN(Cc1nc2ccccc2s1)C(=O)CSc1nnc2ccccn12. The Labute approximate surface area is 152 Å². The maximum atomic E-state index is 12.4. The number of hydrogen-bond acceptors (Lipinski definition) is 6. The van der Waals surface area contributed by atoms with E-state index in [0.29, 0.717) is 12.3 Å². The Bertz CT molecular complexity index is 1010. The van der Waals surface area contributed by atoms with Crippen LogP contribution in [0.15, 0.2) is 53.8 Å². The molecule has 0 bridgehead atoms. The molecule has 0 aliphatic rings. The molecule has 3 heterocycles. The smallest absolute Gasteiger partial charge is 0.233 e. The summed E-state index contributed by atoms with van der Waals surface area (Å²) >= 11 is 3.01. The molecule has 3 aromatic heterocycles. The van der Waals surface area contributed by atoms with Gasteiger partial charge in [-0.2, -0.15) is 0 Å². The van der Waals surface area contributed by atoms with Crippen LogP contribution in [0.5, 0.6) is 0 Å². The summed E-state index contributed by atoms with van der Waals surface area (Å²) in [5, 5.41) is 9.89. The van der Waals surface area contributed by atoms with Crippen LogP contribution in [-0.4, -0.2) is 43.2 Å². The number of amides is 1. The molecule has 0 radical (unpaired) electrons. The number of carbonyl (C=O) groups is 1. The van der Waals surface area contributed by atoms with E-state index in [9.17, 15) is 4.79 Å². The molecule has 0 aliphatic carbocycles. The molecule has 8 heteroatoms. The molecule has 25 heavy (non-hydrogen) atoms. The van der Waals surface area contributed by atoms with Gasteiger partial charge in [0.1, 0.15) is 5.01 Å². The van der Waals surface area contributed by atoms with Crippen molar-refractivity contribution in [3.8, 4) is 0 Å². The molecule has 126 valence electrons. The van der Waals surface area contributed by atoms with E-state index in [1.807, 2.05) is 53.1 Å². The minimum Gasteiger partial charge on any atom is -0.338 e. The van der Waals surface area contributed by atoms with Crippen molar-refractivity contribution in [2.24, 2.45) is 0 Å². The van der Waals surface area contributed by atoms with Crippen molar-refractivity contribution in [3.05, 3.63) is 53.7 Å². The van der Waals surface area contributed by atoms with Gasteiger partial charge in [0, 0.05) is 13.2 Å². The van der Waals surface area contributed by atoms with E-state index in [1.54, 1.807) is 23.3 Å². The number of benzene rings is 1. The molecule has 4 aromatic rings. The van der Waals surface area contributed by atoms with Crippen molar-refractivity contribution in [1.29, 1.82) is 0 Å². The summed E-state index contributed by atoms with van der Waals surface area (Å²) in [7, 11) is 1.80. The molecule has 0 saturated carbocycles. The maximum absolute atomic E-state index is 12.4. The summed E-state index contributed by atoms with van der Waals surface area (Å²) in [6.07, 6.45) is 1.90. The average Bonchev–Trinajstić information content (AvgIpc) is 3.22. The Balaban J connectivity index is 1.40. The predicted molar refractivity (Wildman–Crippen MR) is 99.8 cm³/mol. The van der Waals surface area contributed by atoms with Gasteiger partial charge in [-0.15, -0.1) is 21.5 Å². The second-order valence-corrected chi connectivity index (χ2v) is 7.58. The summed E-state index contributed by atoms with van der Waals surface area (Å²) in [4.78, 5) is 18.7. The Morgan fingerprint density at radius 2 is 2.04 bits per heavy atom. The van der Waals surface area contributed by atoms with Crippen molar-refractivity contribution in [2.75, 3.05) is 12.8 Å². The number of rotatable bonds is 5. The molecular weight excluding hydrogens is 354 g/mol. The summed E-state index contributed by atoms with van der Waals surface area (Å²) in [5.74, 6) is 0.355. The van der Waals surface area contributed by atoms with Crippen molar-refractivity contribution < 1.29 is 4.79 Å². The lowest BCUT2D eigenvalue weighted by atomic mass is 10.3. The molecule has 0 fully saturated rings. The molecule has 0 aliphatic heterocycles. The minimum atomic E-state index is 0.0388. The van der Waals surface area contributed by atoms with E-state index < -0.39 is 0 Å². The van der Waals surface area contributed by atoms with Gasteiger partial charge in [-0.1, -0.05) is 30.0 Å². The standard InChI is InChI=1S/C17H15N5OS2/c1-21(10-15-18-12-6-2-3-7-13(12)25-15)16(23)11-24-17-20-19-14-8-4-5-9-22(14)17/h2-9H,10-11H2,1H3. The van der Waals surface area contributed by atoms with E-state index in [0.717, 1.165) is 26.0 Å². The average molecular weight is 369 g/mol. The quantitative estimate of drug-likeness (QED) is 0.506. The number of para-hydroxylation sites is 1. The van der Waals surface area contributed by atoms with Gasteiger partial charge in [-0.3, -0.25) is 9.20 Å². The number of nitrogens with zero attached hydrogens (tertiary/aromatic N) is 5. The highest BCUT2D eigenvalue weighted by Crippen LogP contribution is 2.23. The fourth-order valence-electron chi connectivity index (χ4n) is 2.43. The number of carbonyl (C=O) groups excluding carboxylic acids is 1. The van der Waals surface area contributed by atoms with Crippen LogP contribution in [-0.2, 0) is 11.3 Å². The Hall–Kier alpha value is -2.45. The van der Waals surface area contributed by atoms with Crippen LogP contribution in [0.1, 0.15) is 5.01 Å². The van der Waals surface area contributed by atoms with Crippen LogP contribution in [0, 0.1) is 0 Å². The normalized spacial score (nSPS) is 11.2. The highest BCUT2D eigenvalue weighted by molar-refractivity contribution is 7.99. The third-order valence-electron chi connectivity index (χ3n) is 3.74. The molecule has 1 amide bonds. The zero-order chi connectivity index (χ0) is 17.2. The lowest BCUT2D eigenvalue weighted by molar-refractivity contribution is -0.127. The zero-order valence-corrected chi connectivity index (χ0v) is 15.1. The number of thiazole rings is 1. The van der Waals surface area contributed by atoms with Gasteiger partial charge in [0.15, 0.2) is 10.8 Å². The van der Waals surface area contributed by atoms with Gasteiger partial charge in [0.05, 0.1) is 22.5 Å². The lowest BCUT2D eigenvalue weighted by Crippen LogP contribution is -2.27. The molecule has 0 unspecified atom stereocenters. The number of hydrogen-bond donors (Lipinski definition) is 0. The lowest BCUT2D eigenvalue weighted by Gasteiger charge is -2.14. The summed E-state index contributed by atoms with van der Waals surface area (Å²) in [6.45, 7) is 0.513. The summed E-state index contributed by atoms with van der Waals surface area (Å²) in [5.41, 5.74) is 1.76. The third-order valence-corrected chi connectivity index (χ3v) is 5.69. The largest absolute Gasteiger partial charge is 0.338 e. The topological polar surface area (TPSA) is 63.4 Å². The summed E-state index contributed by atoms with van der Waals surface area (Å²) < 4.78 is 3.02. The Kier molecular flexibility index (Phi) is 4.37. The van der Waals surface area contributed by atoms with Crippen molar-refractivity contribution in [1.82, 2.24) is 24.5 Å². The second kappa shape index (κ2) is 6.81. The fraction of sp³-hybridized carbons (Fsp3) is 0.176. The van der Waals surface area contributed by atoms with Gasteiger partial charge < -0.3 is 4.90 Å². The zero-order valence-electron chi connectivity index (χ0n) is 13.5. The summed E-state index contributed by atoms with van der Waals surface area (Å²) in [6, 6.07) is 13.7. The van der Waals surface area contributed by atoms with E-state index in [2.05, 4.69) is 15.2 Å². The van der Waals surface area contributed by atoms with Crippen LogP contribution in [0.3, 0.4) is 0 Å². The van der Waals surface area contributed by atoms with Gasteiger partial charge in [-0.25, -0.2) is 4.98 Å². The molecule has 0 spiro atoms. The van der Waals surface area contributed by atoms with Crippen LogP contribution >= 0.6 is 23.1 Å². The highest BCUT2D eigenvalue weighted by Gasteiger charge is 2.14.